The number of hydrogen-bond acceptors (Lipinski definition) is 3. The van der Waals surface area contributed by atoms with Crippen LogP contribution < -0.4 is 5.32 Å². The predicted molar refractivity (Wildman–Crippen MR) is 99.6 cm³/mol. The molecule has 0 unspecified atom stereocenters. The number of carbonyl (C=O) groups is 1. The molecule has 0 aliphatic carbocycles. The van der Waals surface area contributed by atoms with Crippen molar-refractivity contribution in [3.8, 4) is 0 Å². The van der Waals surface area contributed by atoms with Gasteiger partial charge in [-0.1, -0.05) is 35.6 Å². The number of benzene rings is 2. The minimum Gasteiger partial charge on any atom is -0.350 e. The van der Waals surface area contributed by atoms with Crippen molar-refractivity contribution in [2.24, 2.45) is 7.05 Å². The lowest BCUT2D eigenvalue weighted by Gasteiger charge is -2.00. The van der Waals surface area contributed by atoms with E-state index < -0.39 is 0 Å². The van der Waals surface area contributed by atoms with Crippen molar-refractivity contribution in [3.63, 3.8) is 0 Å². The molecule has 0 bridgehead atoms. The van der Waals surface area contributed by atoms with E-state index in [1.165, 1.54) is 16.9 Å². The van der Waals surface area contributed by atoms with Gasteiger partial charge in [0.1, 0.15) is 0 Å². The molecule has 0 saturated carbocycles. The van der Waals surface area contributed by atoms with E-state index in [0.717, 1.165) is 26.7 Å². The number of fused-ring (bicyclic) bond motifs is 2. The van der Waals surface area contributed by atoms with E-state index in [9.17, 15) is 4.79 Å². The number of anilines is 1. The average Bonchev–Trinajstić information content (AvgIpc) is 3.08. The van der Waals surface area contributed by atoms with Crippen LogP contribution in [-0.4, -0.2) is 15.5 Å². The van der Waals surface area contributed by atoms with Gasteiger partial charge in [0.15, 0.2) is 5.13 Å². The molecule has 0 fully saturated rings. The lowest BCUT2D eigenvalue weighted by molar-refractivity contribution is -0.115. The Labute approximate surface area is 143 Å². The first-order valence-corrected chi connectivity index (χ1v) is 8.62. The van der Waals surface area contributed by atoms with Gasteiger partial charge in [-0.2, -0.15) is 0 Å². The molecule has 2 heterocycles. The van der Waals surface area contributed by atoms with Crippen LogP contribution in [0.25, 0.3) is 21.1 Å². The number of aromatic nitrogens is 2. The Kier molecular flexibility index (Phi) is 3.58. The summed E-state index contributed by atoms with van der Waals surface area (Å²) in [5.74, 6) is -0.0397. The first-order chi connectivity index (χ1) is 11.6. The largest absolute Gasteiger partial charge is 0.350 e. The second-order valence-corrected chi connectivity index (χ2v) is 7.03. The van der Waals surface area contributed by atoms with Crippen LogP contribution in [0, 0.1) is 6.92 Å². The normalized spacial score (nSPS) is 11.2. The van der Waals surface area contributed by atoms with Crippen molar-refractivity contribution in [2.45, 2.75) is 13.3 Å². The van der Waals surface area contributed by atoms with Gasteiger partial charge in [0.05, 0.1) is 16.6 Å². The third kappa shape index (κ3) is 2.67. The zero-order valence-corrected chi connectivity index (χ0v) is 14.4. The Balaban J connectivity index is 1.57. The second-order valence-electron chi connectivity index (χ2n) is 6.00. The molecule has 0 spiro atoms. The number of carbonyl (C=O) groups excluding carboxylic acids is 1. The number of thiazole rings is 1. The summed E-state index contributed by atoms with van der Waals surface area (Å²) in [4.78, 5) is 16.9. The summed E-state index contributed by atoms with van der Waals surface area (Å²) in [5, 5.41) is 4.71. The first kappa shape index (κ1) is 14.9. The van der Waals surface area contributed by atoms with E-state index in [0.29, 0.717) is 11.6 Å². The maximum atomic E-state index is 12.4. The molecule has 1 N–H and O–H groups in total. The van der Waals surface area contributed by atoms with Crippen LogP contribution in [0.3, 0.4) is 0 Å². The van der Waals surface area contributed by atoms with E-state index >= 15 is 0 Å². The Bertz CT molecular complexity index is 1060. The third-order valence-electron chi connectivity index (χ3n) is 4.12. The van der Waals surface area contributed by atoms with Gasteiger partial charge < -0.3 is 9.88 Å². The maximum Gasteiger partial charge on any atom is 0.230 e. The Morgan fingerprint density at radius 1 is 1.25 bits per heavy atom. The molecule has 0 radical (unpaired) electrons. The number of aryl methyl sites for hydroxylation is 2. The number of nitrogens with zero attached hydrogens (tertiary/aromatic N) is 2. The van der Waals surface area contributed by atoms with Crippen molar-refractivity contribution in [2.75, 3.05) is 5.32 Å². The Morgan fingerprint density at radius 3 is 2.96 bits per heavy atom. The van der Waals surface area contributed by atoms with Crippen LogP contribution in [0.2, 0.25) is 0 Å². The van der Waals surface area contributed by atoms with Crippen LogP contribution in [0.5, 0.6) is 0 Å². The van der Waals surface area contributed by atoms with Crippen molar-refractivity contribution < 1.29 is 4.79 Å². The standard InChI is InChI=1S/C19H17N3OS/c1-12-7-8-15-17(9-12)24-19(20-15)21-18(23)10-13-11-22(2)16-6-4-3-5-14(13)16/h3-9,11H,10H2,1-2H3,(H,20,21,23). The van der Waals surface area contributed by atoms with Crippen molar-refractivity contribution in [1.82, 2.24) is 9.55 Å². The number of amides is 1. The van der Waals surface area contributed by atoms with Gasteiger partial charge in [0, 0.05) is 24.1 Å². The van der Waals surface area contributed by atoms with Crippen LogP contribution in [0.15, 0.2) is 48.7 Å². The molecule has 120 valence electrons. The van der Waals surface area contributed by atoms with Gasteiger partial charge in [0.25, 0.3) is 0 Å². The number of hydrogen-bond donors (Lipinski definition) is 1. The molecule has 4 rings (SSSR count). The summed E-state index contributed by atoms with van der Waals surface area (Å²) in [5.41, 5.74) is 4.28. The fraction of sp³-hybridized carbons (Fsp3) is 0.158. The van der Waals surface area contributed by atoms with Crippen molar-refractivity contribution in [1.29, 1.82) is 0 Å². The summed E-state index contributed by atoms with van der Waals surface area (Å²) < 4.78 is 3.15. The minimum absolute atomic E-state index is 0.0397. The highest BCUT2D eigenvalue weighted by Gasteiger charge is 2.12. The monoisotopic (exact) mass is 335 g/mol. The van der Waals surface area contributed by atoms with Gasteiger partial charge in [-0.15, -0.1) is 0 Å². The molecule has 24 heavy (non-hydrogen) atoms. The molecular weight excluding hydrogens is 318 g/mol. The third-order valence-corrected chi connectivity index (χ3v) is 5.05. The highest BCUT2D eigenvalue weighted by Crippen LogP contribution is 2.27. The summed E-state index contributed by atoms with van der Waals surface area (Å²) >= 11 is 1.51. The molecule has 0 saturated heterocycles. The first-order valence-electron chi connectivity index (χ1n) is 7.80. The molecular formula is C19H17N3OS. The van der Waals surface area contributed by atoms with Crippen molar-refractivity contribution >= 4 is 43.5 Å². The highest BCUT2D eigenvalue weighted by atomic mass is 32.1. The lowest BCUT2D eigenvalue weighted by Crippen LogP contribution is -2.13. The molecule has 4 nitrogen and oxygen atoms in total. The van der Waals surface area contributed by atoms with Crippen LogP contribution in [0.4, 0.5) is 5.13 Å². The molecule has 4 aromatic rings. The molecule has 5 heteroatoms. The molecule has 0 aliphatic heterocycles. The van der Waals surface area contributed by atoms with Gasteiger partial charge in [-0.05, 0) is 36.2 Å². The number of para-hydroxylation sites is 1. The van der Waals surface area contributed by atoms with E-state index in [-0.39, 0.29) is 5.91 Å². The second kappa shape index (κ2) is 5.76. The number of rotatable bonds is 3. The molecule has 2 aromatic carbocycles. The Hall–Kier alpha value is -2.66. The quantitative estimate of drug-likeness (QED) is 0.607. The van der Waals surface area contributed by atoms with Gasteiger partial charge in [0.2, 0.25) is 5.91 Å². The van der Waals surface area contributed by atoms with Crippen LogP contribution in [0.1, 0.15) is 11.1 Å². The highest BCUT2D eigenvalue weighted by molar-refractivity contribution is 7.22. The average molecular weight is 335 g/mol. The fourth-order valence-electron chi connectivity index (χ4n) is 2.99. The summed E-state index contributed by atoms with van der Waals surface area (Å²) in [7, 11) is 2.00. The fourth-order valence-corrected chi connectivity index (χ4v) is 3.97. The van der Waals surface area contributed by atoms with E-state index in [2.05, 4.69) is 40.0 Å². The predicted octanol–water partition coefficient (Wildman–Crippen LogP) is 4.28. The molecule has 1 amide bonds. The SMILES string of the molecule is Cc1ccc2nc(NC(=O)Cc3cn(C)c4ccccc34)sc2c1. The van der Waals surface area contributed by atoms with E-state index in [4.69, 9.17) is 0 Å². The molecule has 0 aliphatic rings. The summed E-state index contributed by atoms with van der Waals surface area (Å²) in [6, 6.07) is 14.2. The van der Waals surface area contributed by atoms with Gasteiger partial charge in [-0.25, -0.2) is 4.98 Å². The number of nitrogens with one attached hydrogen (secondary N) is 1. The topological polar surface area (TPSA) is 46.9 Å². The molecule has 0 atom stereocenters. The maximum absolute atomic E-state index is 12.4. The lowest BCUT2D eigenvalue weighted by atomic mass is 10.1. The molecule has 2 aromatic heterocycles. The van der Waals surface area contributed by atoms with E-state index in [1.807, 2.05) is 37.5 Å². The summed E-state index contributed by atoms with van der Waals surface area (Å²) in [6.07, 6.45) is 2.36. The summed E-state index contributed by atoms with van der Waals surface area (Å²) in [6.45, 7) is 2.05. The minimum atomic E-state index is -0.0397. The smallest absolute Gasteiger partial charge is 0.230 e. The zero-order chi connectivity index (χ0) is 16.7. The van der Waals surface area contributed by atoms with Crippen LogP contribution in [-0.2, 0) is 18.3 Å². The van der Waals surface area contributed by atoms with E-state index in [1.54, 1.807) is 0 Å². The zero-order valence-electron chi connectivity index (χ0n) is 13.5. The van der Waals surface area contributed by atoms with Gasteiger partial charge >= 0.3 is 0 Å². The van der Waals surface area contributed by atoms with Crippen LogP contribution >= 0.6 is 11.3 Å². The Morgan fingerprint density at radius 2 is 2.08 bits per heavy atom. The van der Waals surface area contributed by atoms with Crippen molar-refractivity contribution in [3.05, 3.63) is 59.8 Å². The van der Waals surface area contributed by atoms with Gasteiger partial charge in [-0.3, -0.25) is 4.79 Å².